The molecule has 0 spiro atoms. The maximum absolute atomic E-state index is 12.2. The van der Waals surface area contributed by atoms with Crippen LogP contribution in [0.1, 0.15) is 0 Å². The van der Waals surface area contributed by atoms with Gasteiger partial charge in [-0.1, -0.05) is 18.2 Å². The number of sulfonamides is 1. The highest BCUT2D eigenvalue weighted by atomic mass is 32.2. The first-order valence-electron chi connectivity index (χ1n) is 6.35. The molecule has 2 N–H and O–H groups in total. The van der Waals surface area contributed by atoms with E-state index >= 15 is 0 Å². The van der Waals surface area contributed by atoms with Crippen LogP contribution in [0.15, 0.2) is 53.6 Å². The molecule has 0 bridgehead atoms. The van der Waals surface area contributed by atoms with Gasteiger partial charge in [0, 0.05) is 29.6 Å². The summed E-state index contributed by atoms with van der Waals surface area (Å²) in [6.07, 6.45) is 1.57. The quantitative estimate of drug-likeness (QED) is 0.651. The molecule has 2 rings (SSSR count). The van der Waals surface area contributed by atoms with Crippen molar-refractivity contribution < 1.29 is 8.42 Å². The van der Waals surface area contributed by atoms with Crippen LogP contribution in [0.25, 0.3) is 0 Å². The van der Waals surface area contributed by atoms with Crippen molar-refractivity contribution in [2.75, 3.05) is 28.6 Å². The Morgan fingerprint density at radius 1 is 1.19 bits per heavy atom. The molecule has 0 saturated heterocycles. The van der Waals surface area contributed by atoms with E-state index < -0.39 is 10.0 Å². The number of benzene rings is 1. The van der Waals surface area contributed by atoms with E-state index in [0.29, 0.717) is 17.3 Å². The third-order valence-electron chi connectivity index (χ3n) is 2.91. The highest BCUT2D eigenvalue weighted by molar-refractivity contribution is 8.01. The Morgan fingerprint density at radius 2 is 1.90 bits per heavy atom. The Kier molecular flexibility index (Phi) is 5.08. The minimum atomic E-state index is -3.39. The van der Waals surface area contributed by atoms with Crippen LogP contribution in [0.2, 0.25) is 0 Å². The lowest BCUT2D eigenvalue weighted by Crippen LogP contribution is -2.30. The normalized spacial score (nSPS) is 11.3. The van der Waals surface area contributed by atoms with Gasteiger partial charge in [-0.3, -0.25) is 4.31 Å². The summed E-state index contributed by atoms with van der Waals surface area (Å²) < 4.78 is 25.7. The van der Waals surface area contributed by atoms with E-state index in [1.807, 2.05) is 18.2 Å². The van der Waals surface area contributed by atoms with Crippen molar-refractivity contribution in [2.24, 2.45) is 0 Å². The number of nitrogen functional groups attached to an aromatic ring is 1. The van der Waals surface area contributed by atoms with Gasteiger partial charge in [-0.05, 0) is 24.3 Å². The minimum Gasteiger partial charge on any atom is -0.398 e. The van der Waals surface area contributed by atoms with Gasteiger partial charge < -0.3 is 5.73 Å². The molecule has 0 atom stereocenters. The van der Waals surface area contributed by atoms with E-state index in [9.17, 15) is 8.42 Å². The highest BCUT2D eigenvalue weighted by Gasteiger charge is 2.19. The Bertz CT molecular complexity index is 690. The highest BCUT2D eigenvalue weighted by Crippen LogP contribution is 2.25. The van der Waals surface area contributed by atoms with Gasteiger partial charge in [0.05, 0.1) is 5.75 Å². The summed E-state index contributed by atoms with van der Waals surface area (Å²) in [7, 11) is -1.87. The largest absolute Gasteiger partial charge is 0.398 e. The van der Waals surface area contributed by atoms with Crippen LogP contribution in [-0.2, 0) is 10.0 Å². The maximum Gasteiger partial charge on any atom is 0.236 e. The van der Waals surface area contributed by atoms with Crippen LogP contribution < -0.4 is 10.0 Å². The van der Waals surface area contributed by atoms with Gasteiger partial charge >= 0.3 is 0 Å². The summed E-state index contributed by atoms with van der Waals surface area (Å²) >= 11 is 1.44. The van der Waals surface area contributed by atoms with E-state index in [4.69, 9.17) is 5.73 Å². The molecule has 1 heterocycles. The molecule has 0 fully saturated rings. The van der Waals surface area contributed by atoms with E-state index in [1.54, 1.807) is 30.5 Å². The topological polar surface area (TPSA) is 76.3 Å². The Hall–Kier alpha value is -1.73. The number of anilines is 2. The second-order valence-electron chi connectivity index (χ2n) is 4.36. The van der Waals surface area contributed by atoms with Crippen molar-refractivity contribution in [3.8, 4) is 0 Å². The molecule has 0 aliphatic rings. The standard InChI is InChI=1S/C14H17N3O2S2/c1-17(14-8-4-5-9-16-14)21(18,19)11-10-20-13-7-3-2-6-12(13)15/h2-9H,10-11,15H2,1H3. The predicted molar refractivity (Wildman–Crippen MR) is 88.0 cm³/mol. The van der Waals surface area contributed by atoms with Gasteiger partial charge in [0.15, 0.2) is 0 Å². The summed E-state index contributed by atoms with van der Waals surface area (Å²) in [4.78, 5) is 4.94. The van der Waals surface area contributed by atoms with Crippen molar-refractivity contribution in [2.45, 2.75) is 4.90 Å². The first-order chi connectivity index (χ1) is 10.0. The van der Waals surface area contributed by atoms with Crippen LogP contribution in [0, 0.1) is 0 Å². The summed E-state index contributed by atoms with van der Waals surface area (Å²) in [6.45, 7) is 0. The van der Waals surface area contributed by atoms with Crippen LogP contribution in [0.3, 0.4) is 0 Å². The molecular formula is C14H17N3O2S2. The van der Waals surface area contributed by atoms with E-state index in [0.717, 1.165) is 4.90 Å². The molecule has 1 aromatic carbocycles. The number of hydrogen-bond acceptors (Lipinski definition) is 5. The number of para-hydroxylation sites is 1. The smallest absolute Gasteiger partial charge is 0.236 e. The fourth-order valence-corrected chi connectivity index (χ4v) is 4.16. The summed E-state index contributed by atoms with van der Waals surface area (Å²) in [5.41, 5.74) is 6.50. The number of nitrogens with zero attached hydrogens (tertiary/aromatic N) is 2. The monoisotopic (exact) mass is 323 g/mol. The summed E-state index contributed by atoms with van der Waals surface area (Å²) in [5.74, 6) is 0.883. The molecule has 21 heavy (non-hydrogen) atoms. The van der Waals surface area contributed by atoms with Crippen molar-refractivity contribution in [1.29, 1.82) is 0 Å². The molecule has 0 saturated carbocycles. The lowest BCUT2D eigenvalue weighted by molar-refractivity contribution is 0.595. The van der Waals surface area contributed by atoms with Gasteiger partial charge in [-0.15, -0.1) is 11.8 Å². The molecule has 0 unspecified atom stereocenters. The van der Waals surface area contributed by atoms with Crippen LogP contribution in [0.4, 0.5) is 11.5 Å². The first-order valence-corrected chi connectivity index (χ1v) is 8.95. The number of nitrogens with two attached hydrogens (primary N) is 1. The molecule has 112 valence electrons. The summed E-state index contributed by atoms with van der Waals surface area (Å²) in [6, 6.07) is 12.6. The van der Waals surface area contributed by atoms with E-state index in [-0.39, 0.29) is 5.75 Å². The molecule has 0 radical (unpaired) electrons. The van der Waals surface area contributed by atoms with Crippen molar-refractivity contribution in [3.05, 3.63) is 48.7 Å². The summed E-state index contributed by atoms with van der Waals surface area (Å²) in [5, 5.41) is 0. The van der Waals surface area contributed by atoms with Crippen LogP contribution in [-0.4, -0.2) is 32.0 Å². The molecule has 0 amide bonds. The molecular weight excluding hydrogens is 306 g/mol. The minimum absolute atomic E-state index is 0.0269. The van der Waals surface area contributed by atoms with Crippen LogP contribution >= 0.6 is 11.8 Å². The number of aromatic nitrogens is 1. The first kappa shape index (κ1) is 15.7. The Balaban J connectivity index is 1.97. The zero-order valence-corrected chi connectivity index (χ0v) is 13.3. The van der Waals surface area contributed by atoms with Crippen LogP contribution in [0.5, 0.6) is 0 Å². The lowest BCUT2D eigenvalue weighted by atomic mass is 10.3. The zero-order valence-electron chi connectivity index (χ0n) is 11.6. The van der Waals surface area contributed by atoms with E-state index in [1.165, 1.54) is 23.1 Å². The number of rotatable bonds is 6. The second-order valence-corrected chi connectivity index (χ2v) is 7.61. The Labute approximate surface area is 129 Å². The van der Waals surface area contributed by atoms with Crippen molar-refractivity contribution >= 4 is 33.3 Å². The van der Waals surface area contributed by atoms with Gasteiger partial charge in [-0.25, -0.2) is 13.4 Å². The number of thioether (sulfide) groups is 1. The van der Waals surface area contributed by atoms with Crippen molar-refractivity contribution in [1.82, 2.24) is 4.98 Å². The molecule has 5 nitrogen and oxygen atoms in total. The maximum atomic E-state index is 12.2. The fourth-order valence-electron chi connectivity index (χ4n) is 1.69. The van der Waals surface area contributed by atoms with Gasteiger partial charge in [0.2, 0.25) is 10.0 Å². The van der Waals surface area contributed by atoms with E-state index in [2.05, 4.69) is 4.98 Å². The van der Waals surface area contributed by atoms with Gasteiger partial charge in [0.1, 0.15) is 5.82 Å². The fraction of sp³-hybridized carbons (Fsp3) is 0.214. The second kappa shape index (κ2) is 6.82. The average Bonchev–Trinajstić information content (AvgIpc) is 2.49. The molecule has 0 aliphatic heterocycles. The lowest BCUT2D eigenvalue weighted by Gasteiger charge is -2.18. The molecule has 0 aliphatic carbocycles. The zero-order chi connectivity index (χ0) is 15.3. The number of hydrogen-bond donors (Lipinski definition) is 1. The third-order valence-corrected chi connectivity index (χ3v) is 6.00. The third kappa shape index (κ3) is 4.12. The van der Waals surface area contributed by atoms with Gasteiger partial charge in [-0.2, -0.15) is 0 Å². The Morgan fingerprint density at radius 3 is 2.57 bits per heavy atom. The number of pyridine rings is 1. The average molecular weight is 323 g/mol. The predicted octanol–water partition coefficient (Wildman–Crippen LogP) is 2.22. The molecule has 7 heteroatoms. The molecule has 1 aromatic heterocycles. The SMILES string of the molecule is CN(c1ccccn1)S(=O)(=O)CCSc1ccccc1N. The van der Waals surface area contributed by atoms with Gasteiger partial charge in [0.25, 0.3) is 0 Å². The molecule has 2 aromatic rings. The van der Waals surface area contributed by atoms with Crippen molar-refractivity contribution in [3.63, 3.8) is 0 Å².